The van der Waals surface area contributed by atoms with E-state index in [-0.39, 0.29) is 12.2 Å². The minimum Gasteiger partial charge on any atom is -0.493 e. The van der Waals surface area contributed by atoms with Gasteiger partial charge in [-0.2, -0.15) is 0 Å². The summed E-state index contributed by atoms with van der Waals surface area (Å²) in [5.41, 5.74) is -0.248. The number of likely N-dealkylation sites (tertiary alicyclic amines) is 1. The standard InChI is InChI=1S/C17H18Cl3NO5/c1-24-12-4-3-10-11(22)9-16(26-13(10)14(12)25-2)5-7-21(8-6-16)15(23)17(18,19)20/h3-4H,5-9H2,1-2H3. The predicted octanol–water partition coefficient (Wildman–Crippen LogP) is 3.40. The molecule has 1 fully saturated rings. The normalized spacial score (nSPS) is 19.0. The second-order valence-corrected chi connectivity index (χ2v) is 8.63. The number of Topliss-reactive ketones (excluding diaryl/α,β-unsaturated/α-hetero) is 1. The zero-order valence-corrected chi connectivity index (χ0v) is 16.6. The lowest BCUT2D eigenvalue weighted by Gasteiger charge is -2.44. The van der Waals surface area contributed by atoms with Gasteiger partial charge < -0.3 is 19.1 Å². The van der Waals surface area contributed by atoms with Gasteiger partial charge in [0.05, 0.1) is 26.2 Å². The van der Waals surface area contributed by atoms with Crippen molar-refractivity contribution in [2.45, 2.75) is 28.7 Å². The molecule has 9 heteroatoms. The fourth-order valence-electron chi connectivity index (χ4n) is 3.44. The highest BCUT2D eigenvalue weighted by Crippen LogP contribution is 2.48. The molecule has 2 heterocycles. The minimum absolute atomic E-state index is 0.0339. The van der Waals surface area contributed by atoms with Crippen LogP contribution in [0.15, 0.2) is 12.1 Å². The molecular formula is C17H18Cl3NO5. The molecule has 0 N–H and O–H groups in total. The molecule has 6 nitrogen and oxygen atoms in total. The number of ether oxygens (including phenoxy) is 3. The summed E-state index contributed by atoms with van der Waals surface area (Å²) >= 11 is 17.0. The summed E-state index contributed by atoms with van der Waals surface area (Å²) in [4.78, 5) is 26.3. The second-order valence-electron chi connectivity index (χ2n) is 6.35. The minimum atomic E-state index is -1.99. The highest BCUT2D eigenvalue weighted by atomic mass is 35.6. The number of benzene rings is 1. The maximum atomic E-state index is 12.7. The van der Waals surface area contributed by atoms with Crippen LogP contribution in [0, 0.1) is 0 Å². The van der Waals surface area contributed by atoms with Crippen LogP contribution in [0.3, 0.4) is 0 Å². The van der Waals surface area contributed by atoms with Crippen LogP contribution in [0.2, 0.25) is 0 Å². The number of halogens is 3. The number of nitrogens with zero attached hydrogens (tertiary/aromatic N) is 1. The number of amides is 1. The molecule has 2 aliphatic heterocycles. The number of hydrogen-bond acceptors (Lipinski definition) is 5. The Balaban J connectivity index is 1.85. The first kappa shape index (κ1) is 19.4. The molecule has 3 rings (SSSR count). The Labute approximate surface area is 166 Å². The summed E-state index contributed by atoms with van der Waals surface area (Å²) in [5, 5.41) is 0. The summed E-state index contributed by atoms with van der Waals surface area (Å²) in [7, 11) is 3.01. The van der Waals surface area contributed by atoms with Gasteiger partial charge in [-0.15, -0.1) is 0 Å². The van der Waals surface area contributed by atoms with Crippen LogP contribution in [0.25, 0.3) is 0 Å². The van der Waals surface area contributed by atoms with Gasteiger partial charge in [-0.25, -0.2) is 0 Å². The molecule has 0 saturated carbocycles. The molecule has 0 radical (unpaired) electrons. The SMILES string of the molecule is COc1ccc2c(c1OC)OC1(CCN(C(=O)C(Cl)(Cl)Cl)CC1)CC2=O. The molecule has 1 amide bonds. The van der Waals surface area contributed by atoms with E-state index in [0.717, 1.165) is 0 Å². The third-order valence-corrected chi connectivity index (χ3v) is 5.29. The largest absolute Gasteiger partial charge is 0.493 e. The van der Waals surface area contributed by atoms with Crippen molar-refractivity contribution in [2.75, 3.05) is 27.3 Å². The Kier molecular flexibility index (Phi) is 5.21. The number of carbonyl (C=O) groups excluding carboxylic acids is 2. The summed E-state index contributed by atoms with van der Waals surface area (Å²) in [6, 6.07) is 3.35. The lowest BCUT2D eigenvalue weighted by molar-refractivity contribution is -0.133. The van der Waals surface area contributed by atoms with Gasteiger partial charge in [0.1, 0.15) is 5.60 Å². The molecule has 2 aliphatic rings. The average Bonchev–Trinajstić information content (AvgIpc) is 2.60. The number of methoxy groups -OCH3 is 2. The molecule has 1 spiro atoms. The van der Waals surface area contributed by atoms with Crippen molar-refractivity contribution in [2.24, 2.45) is 0 Å². The van der Waals surface area contributed by atoms with Crippen molar-refractivity contribution in [3.05, 3.63) is 17.7 Å². The third kappa shape index (κ3) is 3.42. The van der Waals surface area contributed by atoms with Gasteiger partial charge in [-0.3, -0.25) is 9.59 Å². The number of ketones is 1. The highest BCUT2D eigenvalue weighted by molar-refractivity contribution is 6.76. The van der Waals surface area contributed by atoms with Crippen LogP contribution in [0.4, 0.5) is 0 Å². The molecule has 1 aromatic rings. The summed E-state index contributed by atoms with van der Waals surface area (Å²) in [6.07, 6.45) is 1.13. The topological polar surface area (TPSA) is 65.1 Å². The van der Waals surface area contributed by atoms with Gasteiger partial charge in [0, 0.05) is 25.9 Å². The smallest absolute Gasteiger partial charge is 0.274 e. The summed E-state index contributed by atoms with van der Waals surface area (Å²) in [5.74, 6) is 0.647. The lowest BCUT2D eigenvalue weighted by atomic mass is 9.82. The molecular weight excluding hydrogens is 405 g/mol. The number of carbonyl (C=O) groups is 2. The number of alkyl halides is 3. The molecule has 26 heavy (non-hydrogen) atoms. The van der Waals surface area contributed by atoms with Crippen LogP contribution < -0.4 is 14.2 Å². The second kappa shape index (κ2) is 6.98. The molecule has 0 atom stereocenters. The van der Waals surface area contributed by atoms with Crippen LogP contribution in [0.5, 0.6) is 17.2 Å². The fraction of sp³-hybridized carbons (Fsp3) is 0.529. The Morgan fingerprint density at radius 2 is 1.85 bits per heavy atom. The van der Waals surface area contributed by atoms with Gasteiger partial charge in [0.15, 0.2) is 17.3 Å². The van der Waals surface area contributed by atoms with Crippen molar-refractivity contribution < 1.29 is 23.8 Å². The quantitative estimate of drug-likeness (QED) is 0.684. The monoisotopic (exact) mass is 421 g/mol. The van der Waals surface area contributed by atoms with E-state index in [4.69, 9.17) is 49.0 Å². The van der Waals surface area contributed by atoms with Crippen molar-refractivity contribution in [1.29, 1.82) is 0 Å². The Bertz CT molecular complexity index is 739. The van der Waals surface area contributed by atoms with E-state index in [9.17, 15) is 9.59 Å². The number of piperidine rings is 1. The number of hydrogen-bond donors (Lipinski definition) is 0. The molecule has 1 saturated heterocycles. The summed E-state index contributed by atoms with van der Waals surface area (Å²) < 4.78 is 14.9. The number of fused-ring (bicyclic) bond motifs is 1. The molecule has 1 aromatic carbocycles. The van der Waals surface area contributed by atoms with Gasteiger partial charge in [-0.05, 0) is 12.1 Å². The molecule has 142 valence electrons. The van der Waals surface area contributed by atoms with E-state index >= 15 is 0 Å². The molecule has 0 bridgehead atoms. The summed E-state index contributed by atoms with van der Waals surface area (Å²) in [6.45, 7) is 0.670. The molecule has 0 unspecified atom stereocenters. The first-order valence-electron chi connectivity index (χ1n) is 8.04. The van der Waals surface area contributed by atoms with E-state index < -0.39 is 15.3 Å². The van der Waals surface area contributed by atoms with Crippen LogP contribution in [-0.2, 0) is 4.79 Å². The van der Waals surface area contributed by atoms with E-state index in [1.54, 1.807) is 12.1 Å². The van der Waals surface area contributed by atoms with Gasteiger partial charge in [0.25, 0.3) is 9.70 Å². The van der Waals surface area contributed by atoms with E-state index in [1.807, 2.05) is 0 Å². The van der Waals surface area contributed by atoms with Crippen molar-refractivity contribution in [3.63, 3.8) is 0 Å². The maximum Gasteiger partial charge on any atom is 0.274 e. The van der Waals surface area contributed by atoms with E-state index in [1.165, 1.54) is 19.1 Å². The first-order chi connectivity index (χ1) is 12.2. The van der Waals surface area contributed by atoms with Crippen LogP contribution in [-0.4, -0.2) is 53.3 Å². The van der Waals surface area contributed by atoms with Crippen molar-refractivity contribution >= 4 is 46.5 Å². The van der Waals surface area contributed by atoms with Crippen molar-refractivity contribution in [1.82, 2.24) is 4.90 Å². The van der Waals surface area contributed by atoms with E-state index in [0.29, 0.717) is 48.7 Å². The lowest BCUT2D eigenvalue weighted by Crippen LogP contribution is -2.54. The van der Waals surface area contributed by atoms with Gasteiger partial charge >= 0.3 is 0 Å². The Morgan fingerprint density at radius 1 is 1.19 bits per heavy atom. The van der Waals surface area contributed by atoms with Crippen LogP contribution in [0.1, 0.15) is 29.6 Å². The predicted molar refractivity (Wildman–Crippen MR) is 98.0 cm³/mol. The molecule has 0 aromatic heterocycles. The average molecular weight is 423 g/mol. The zero-order chi connectivity index (χ0) is 19.1. The maximum absolute atomic E-state index is 12.7. The van der Waals surface area contributed by atoms with Gasteiger partial charge in [-0.1, -0.05) is 34.8 Å². The molecule has 0 aliphatic carbocycles. The highest BCUT2D eigenvalue weighted by Gasteiger charge is 2.47. The van der Waals surface area contributed by atoms with E-state index in [2.05, 4.69) is 0 Å². The Hall–Kier alpha value is -1.37. The van der Waals surface area contributed by atoms with Crippen molar-refractivity contribution in [3.8, 4) is 17.2 Å². The first-order valence-corrected chi connectivity index (χ1v) is 9.17. The Morgan fingerprint density at radius 3 is 2.38 bits per heavy atom. The fourth-order valence-corrected chi connectivity index (χ4v) is 3.79. The number of rotatable bonds is 2. The van der Waals surface area contributed by atoms with Gasteiger partial charge in [0.2, 0.25) is 5.75 Å². The zero-order valence-electron chi connectivity index (χ0n) is 14.3. The van der Waals surface area contributed by atoms with Crippen LogP contribution >= 0.6 is 34.8 Å². The third-order valence-electron chi connectivity index (χ3n) is 4.81.